The van der Waals surface area contributed by atoms with Gasteiger partial charge in [-0.25, -0.2) is 13.1 Å². The Morgan fingerprint density at radius 3 is 2.56 bits per heavy atom. The fourth-order valence-electron chi connectivity index (χ4n) is 1.51. The van der Waals surface area contributed by atoms with Gasteiger partial charge < -0.3 is 16.0 Å². The van der Waals surface area contributed by atoms with E-state index in [1.54, 1.807) is 7.05 Å². The third kappa shape index (κ3) is 3.09. The maximum Gasteiger partial charge on any atom is 0.265 e. The zero-order valence-corrected chi connectivity index (χ0v) is 11.2. The van der Waals surface area contributed by atoms with Crippen LogP contribution in [0.2, 0.25) is 0 Å². The number of amides is 1. The fraction of sp³-hybridized carbons (Fsp3) is 0.500. The molecule has 102 valence electrons. The van der Waals surface area contributed by atoms with Crippen LogP contribution in [-0.2, 0) is 17.1 Å². The Hall–Kier alpha value is -1.38. The molecule has 0 aliphatic heterocycles. The zero-order chi connectivity index (χ0) is 13.9. The summed E-state index contributed by atoms with van der Waals surface area (Å²) in [4.78, 5) is 11.1. The summed E-state index contributed by atoms with van der Waals surface area (Å²) < 4.78 is 27.9. The first-order valence-corrected chi connectivity index (χ1v) is 6.98. The van der Waals surface area contributed by atoms with Gasteiger partial charge in [0.25, 0.3) is 5.91 Å². The molecule has 1 aromatic rings. The van der Waals surface area contributed by atoms with Gasteiger partial charge in [-0.2, -0.15) is 0 Å². The molecule has 1 heterocycles. The average molecular weight is 274 g/mol. The molecular formula is C10H18N4O3S. The first-order chi connectivity index (χ1) is 8.31. The molecule has 5 N–H and O–H groups in total. The van der Waals surface area contributed by atoms with Crippen LogP contribution in [0, 0.1) is 0 Å². The topological polar surface area (TPSA) is 120 Å². The standard InChI is InChI=1S/C10H18N4O3S/c1-3-7(5-11)13-18(16,17)8-4-9(10(12)15)14(2)6-8/h4,6-7,13H,3,5,11H2,1-2H3,(H2,12,15). The van der Waals surface area contributed by atoms with E-state index in [0.29, 0.717) is 6.42 Å². The van der Waals surface area contributed by atoms with Gasteiger partial charge in [-0.3, -0.25) is 4.79 Å². The van der Waals surface area contributed by atoms with Crippen LogP contribution in [0.15, 0.2) is 17.2 Å². The Balaban J connectivity index is 3.06. The molecule has 0 spiro atoms. The maximum absolute atomic E-state index is 12.0. The highest BCUT2D eigenvalue weighted by Crippen LogP contribution is 2.13. The van der Waals surface area contributed by atoms with Crippen molar-refractivity contribution in [3.8, 4) is 0 Å². The second-order valence-corrected chi connectivity index (χ2v) is 5.71. The second-order valence-electron chi connectivity index (χ2n) is 4.00. The smallest absolute Gasteiger partial charge is 0.265 e. The van der Waals surface area contributed by atoms with Gasteiger partial charge in [0.15, 0.2) is 0 Å². The van der Waals surface area contributed by atoms with Crippen molar-refractivity contribution in [3.05, 3.63) is 18.0 Å². The minimum Gasteiger partial charge on any atom is -0.364 e. The number of aromatic nitrogens is 1. The van der Waals surface area contributed by atoms with E-state index in [1.807, 2.05) is 6.92 Å². The average Bonchev–Trinajstić information content (AvgIpc) is 2.69. The third-order valence-electron chi connectivity index (χ3n) is 2.64. The van der Waals surface area contributed by atoms with Crippen molar-refractivity contribution in [1.29, 1.82) is 0 Å². The number of carbonyl (C=O) groups is 1. The number of hydrogen-bond donors (Lipinski definition) is 3. The van der Waals surface area contributed by atoms with Crippen LogP contribution in [0.25, 0.3) is 0 Å². The first kappa shape index (κ1) is 14.7. The van der Waals surface area contributed by atoms with Crippen molar-refractivity contribution >= 4 is 15.9 Å². The van der Waals surface area contributed by atoms with E-state index in [1.165, 1.54) is 16.8 Å². The maximum atomic E-state index is 12.0. The van der Waals surface area contributed by atoms with Gasteiger partial charge in [0.2, 0.25) is 10.0 Å². The van der Waals surface area contributed by atoms with Gasteiger partial charge in [0, 0.05) is 25.8 Å². The highest BCUT2D eigenvalue weighted by atomic mass is 32.2. The molecule has 1 atom stereocenters. The van der Waals surface area contributed by atoms with Crippen LogP contribution >= 0.6 is 0 Å². The summed E-state index contributed by atoms with van der Waals surface area (Å²) in [5.41, 5.74) is 10.7. The monoisotopic (exact) mass is 274 g/mol. The van der Waals surface area contributed by atoms with Gasteiger partial charge in [-0.15, -0.1) is 0 Å². The van der Waals surface area contributed by atoms with E-state index in [4.69, 9.17) is 11.5 Å². The summed E-state index contributed by atoms with van der Waals surface area (Å²) in [6.45, 7) is 2.05. The minimum atomic E-state index is -3.68. The minimum absolute atomic E-state index is 0.00528. The Morgan fingerprint density at radius 1 is 1.56 bits per heavy atom. The molecule has 18 heavy (non-hydrogen) atoms. The van der Waals surface area contributed by atoms with Crippen molar-refractivity contribution in [3.63, 3.8) is 0 Å². The molecule has 0 aliphatic rings. The molecule has 0 saturated heterocycles. The third-order valence-corrected chi connectivity index (χ3v) is 4.13. The largest absolute Gasteiger partial charge is 0.364 e. The first-order valence-electron chi connectivity index (χ1n) is 5.50. The summed E-state index contributed by atoms with van der Waals surface area (Å²) in [6.07, 6.45) is 1.93. The van der Waals surface area contributed by atoms with Crippen LogP contribution in [0.3, 0.4) is 0 Å². The molecule has 0 bridgehead atoms. The predicted molar refractivity (Wildman–Crippen MR) is 67.4 cm³/mol. The van der Waals surface area contributed by atoms with Crippen LogP contribution in [0.1, 0.15) is 23.8 Å². The molecule has 1 rings (SSSR count). The van der Waals surface area contributed by atoms with Crippen molar-refractivity contribution in [2.45, 2.75) is 24.3 Å². The molecule has 1 unspecified atom stereocenters. The number of primary amides is 1. The van der Waals surface area contributed by atoms with Crippen LogP contribution < -0.4 is 16.2 Å². The van der Waals surface area contributed by atoms with Crippen LogP contribution in [-0.4, -0.2) is 31.5 Å². The van der Waals surface area contributed by atoms with E-state index >= 15 is 0 Å². The quantitative estimate of drug-likeness (QED) is 0.625. The molecule has 1 amide bonds. The lowest BCUT2D eigenvalue weighted by atomic mass is 10.2. The van der Waals surface area contributed by atoms with Crippen LogP contribution in [0.4, 0.5) is 0 Å². The van der Waals surface area contributed by atoms with E-state index in [-0.39, 0.29) is 23.2 Å². The normalized spacial score (nSPS) is 13.5. The highest BCUT2D eigenvalue weighted by molar-refractivity contribution is 7.89. The van der Waals surface area contributed by atoms with Gasteiger partial charge in [-0.1, -0.05) is 6.92 Å². The SMILES string of the molecule is CCC(CN)NS(=O)(=O)c1cc(C(N)=O)n(C)c1. The number of nitrogens with one attached hydrogen (secondary N) is 1. The molecular weight excluding hydrogens is 256 g/mol. The van der Waals surface area contributed by atoms with Crippen LogP contribution in [0.5, 0.6) is 0 Å². The van der Waals surface area contributed by atoms with Gasteiger partial charge in [0.1, 0.15) is 10.6 Å². The number of nitrogens with zero attached hydrogens (tertiary/aromatic N) is 1. The summed E-state index contributed by atoms with van der Waals surface area (Å²) >= 11 is 0. The lowest BCUT2D eigenvalue weighted by Crippen LogP contribution is -2.39. The summed E-state index contributed by atoms with van der Waals surface area (Å²) in [7, 11) is -2.12. The predicted octanol–water partition coefficient (Wildman–Crippen LogP) is -0.860. The number of hydrogen-bond acceptors (Lipinski definition) is 4. The van der Waals surface area contributed by atoms with E-state index < -0.39 is 15.9 Å². The number of aryl methyl sites for hydroxylation is 1. The molecule has 0 fully saturated rings. The Morgan fingerprint density at radius 2 is 2.17 bits per heavy atom. The highest BCUT2D eigenvalue weighted by Gasteiger charge is 2.21. The number of rotatable bonds is 6. The molecule has 0 saturated carbocycles. The Bertz CT molecular complexity index is 531. The summed E-state index contributed by atoms with van der Waals surface area (Å²) in [5.74, 6) is -0.676. The van der Waals surface area contributed by atoms with E-state index in [2.05, 4.69) is 4.72 Å². The van der Waals surface area contributed by atoms with Gasteiger partial charge in [0.05, 0.1) is 0 Å². The van der Waals surface area contributed by atoms with E-state index in [9.17, 15) is 13.2 Å². The van der Waals surface area contributed by atoms with Gasteiger partial charge in [-0.05, 0) is 12.5 Å². The molecule has 0 aromatic carbocycles. The summed E-state index contributed by atoms with van der Waals surface area (Å²) in [5, 5.41) is 0. The van der Waals surface area contributed by atoms with E-state index in [0.717, 1.165) is 0 Å². The number of sulfonamides is 1. The lowest BCUT2D eigenvalue weighted by Gasteiger charge is -2.13. The number of carbonyl (C=O) groups excluding carboxylic acids is 1. The van der Waals surface area contributed by atoms with Crippen molar-refractivity contribution in [2.24, 2.45) is 18.5 Å². The fourth-order valence-corrected chi connectivity index (χ4v) is 2.91. The lowest BCUT2D eigenvalue weighted by molar-refractivity contribution is 0.0992. The number of nitrogens with two attached hydrogens (primary N) is 2. The molecule has 8 heteroatoms. The Kier molecular flexibility index (Phi) is 4.49. The van der Waals surface area contributed by atoms with Crippen molar-refractivity contribution in [2.75, 3.05) is 6.54 Å². The summed E-state index contributed by atoms with van der Waals surface area (Å²) in [6, 6.07) is 0.917. The molecule has 0 radical (unpaired) electrons. The molecule has 0 aliphatic carbocycles. The zero-order valence-electron chi connectivity index (χ0n) is 10.4. The Labute approximate surface area is 106 Å². The second kappa shape index (κ2) is 5.51. The van der Waals surface area contributed by atoms with Crippen molar-refractivity contribution in [1.82, 2.24) is 9.29 Å². The molecule has 7 nitrogen and oxygen atoms in total. The van der Waals surface area contributed by atoms with Gasteiger partial charge >= 0.3 is 0 Å². The molecule has 1 aromatic heterocycles. The van der Waals surface area contributed by atoms with Crippen molar-refractivity contribution < 1.29 is 13.2 Å².